The van der Waals surface area contributed by atoms with Crippen molar-refractivity contribution in [1.82, 2.24) is 0 Å². The maximum Gasteiger partial charge on any atom is 0.340 e. The monoisotopic (exact) mass is 438 g/mol. The Morgan fingerprint density at radius 1 is 1.32 bits per heavy atom. The standard InChI is InChI=1S/C26H31O4P/c1-16(12-20-13-17(2)15-29-20)8-7-11-26(4)18(3)31(6)24-21-10-9-19(28-5)14-22(21)30-25(27)23(24)26/h8-10,13-15,18H,7,11-12H2,1-6H3/b16-8+/t18?,26-,31?/m1/s1. The first-order chi connectivity index (χ1) is 14.7. The van der Waals surface area contributed by atoms with Crippen LogP contribution in [0.2, 0.25) is 0 Å². The fourth-order valence-electron chi connectivity index (χ4n) is 4.87. The predicted octanol–water partition coefficient (Wildman–Crippen LogP) is 6.07. The second-order valence-corrected chi connectivity index (χ2v) is 11.5. The fraction of sp³-hybridized carbons (Fsp3) is 0.423. The maximum absolute atomic E-state index is 13.1. The van der Waals surface area contributed by atoms with Gasteiger partial charge in [-0.3, -0.25) is 0 Å². The normalized spacial score (nSPS) is 23.4. The number of rotatable bonds is 6. The van der Waals surface area contributed by atoms with Crippen LogP contribution < -0.4 is 15.7 Å². The molecule has 1 aromatic carbocycles. The van der Waals surface area contributed by atoms with Crippen LogP contribution in [0.5, 0.6) is 5.75 Å². The molecule has 0 spiro atoms. The van der Waals surface area contributed by atoms with Crippen molar-refractivity contribution in [3.8, 4) is 5.75 Å². The van der Waals surface area contributed by atoms with Crippen LogP contribution in [0, 0.1) is 6.92 Å². The summed E-state index contributed by atoms with van der Waals surface area (Å²) in [6, 6.07) is 7.91. The highest BCUT2D eigenvalue weighted by Crippen LogP contribution is 2.56. The van der Waals surface area contributed by atoms with E-state index in [0.717, 1.165) is 41.5 Å². The third kappa shape index (κ3) is 3.87. The highest BCUT2D eigenvalue weighted by molar-refractivity contribution is 7.66. The van der Waals surface area contributed by atoms with Crippen LogP contribution in [0.25, 0.3) is 11.0 Å². The Balaban J connectivity index is 1.64. The van der Waals surface area contributed by atoms with Crippen molar-refractivity contribution in [2.45, 2.75) is 58.0 Å². The highest BCUT2D eigenvalue weighted by Gasteiger charge is 2.47. The number of methoxy groups -OCH3 is 1. The molecule has 0 radical (unpaired) electrons. The molecule has 0 saturated carbocycles. The summed E-state index contributed by atoms with van der Waals surface area (Å²) >= 11 is 0. The molecule has 0 fully saturated rings. The van der Waals surface area contributed by atoms with Gasteiger partial charge >= 0.3 is 5.63 Å². The quantitative estimate of drug-likeness (QED) is 0.266. The van der Waals surface area contributed by atoms with Gasteiger partial charge < -0.3 is 13.6 Å². The number of allylic oxidation sites excluding steroid dienone is 2. The SMILES string of the molecule is COc1ccc2c3c(c(=O)oc2c1)[C@](C)(CC/C=C(\C)Cc1cc(C)co1)C(C)P3C. The Morgan fingerprint density at radius 2 is 2.10 bits per heavy atom. The molecule has 2 aromatic heterocycles. The van der Waals surface area contributed by atoms with Crippen molar-refractivity contribution in [3.05, 3.63) is 69.5 Å². The summed E-state index contributed by atoms with van der Waals surface area (Å²) in [6.07, 6.45) is 6.76. The van der Waals surface area contributed by atoms with Crippen molar-refractivity contribution in [3.63, 3.8) is 0 Å². The van der Waals surface area contributed by atoms with Gasteiger partial charge in [0.1, 0.15) is 17.1 Å². The lowest BCUT2D eigenvalue weighted by Crippen LogP contribution is -2.34. The van der Waals surface area contributed by atoms with Gasteiger partial charge in [-0.25, -0.2) is 4.79 Å². The van der Waals surface area contributed by atoms with Crippen LogP contribution in [-0.4, -0.2) is 19.4 Å². The summed E-state index contributed by atoms with van der Waals surface area (Å²) in [5.74, 6) is 1.70. The molecule has 1 aliphatic heterocycles. The number of hydrogen-bond donors (Lipinski definition) is 0. The van der Waals surface area contributed by atoms with E-state index in [0.29, 0.717) is 17.0 Å². The zero-order chi connectivity index (χ0) is 22.3. The third-order valence-electron chi connectivity index (χ3n) is 6.91. The highest BCUT2D eigenvalue weighted by atomic mass is 31.1. The zero-order valence-electron chi connectivity index (χ0n) is 19.2. The van der Waals surface area contributed by atoms with E-state index in [1.54, 1.807) is 13.4 Å². The molecule has 4 nitrogen and oxygen atoms in total. The van der Waals surface area contributed by atoms with Gasteiger partial charge in [-0.1, -0.05) is 33.4 Å². The van der Waals surface area contributed by atoms with Gasteiger partial charge in [-0.15, -0.1) is 0 Å². The molecule has 31 heavy (non-hydrogen) atoms. The van der Waals surface area contributed by atoms with Gasteiger partial charge in [0.05, 0.1) is 18.9 Å². The number of ether oxygens (including phenoxy) is 1. The summed E-state index contributed by atoms with van der Waals surface area (Å²) in [6.45, 7) is 11.0. The van der Waals surface area contributed by atoms with E-state index in [1.165, 1.54) is 10.9 Å². The Kier molecular flexibility index (Phi) is 5.87. The second kappa shape index (κ2) is 8.31. The smallest absolute Gasteiger partial charge is 0.340 e. The lowest BCUT2D eigenvalue weighted by Gasteiger charge is -2.30. The molecule has 0 aliphatic carbocycles. The summed E-state index contributed by atoms with van der Waals surface area (Å²) < 4.78 is 16.7. The van der Waals surface area contributed by atoms with Crippen molar-refractivity contribution >= 4 is 24.2 Å². The summed E-state index contributed by atoms with van der Waals surface area (Å²) in [7, 11) is 1.16. The Bertz CT molecular complexity index is 1200. The van der Waals surface area contributed by atoms with E-state index in [2.05, 4.69) is 39.6 Å². The van der Waals surface area contributed by atoms with E-state index in [9.17, 15) is 4.79 Å². The van der Waals surface area contributed by atoms with Crippen LogP contribution in [0.15, 0.2) is 55.8 Å². The van der Waals surface area contributed by atoms with Gasteiger partial charge in [0.2, 0.25) is 0 Å². The first-order valence-electron chi connectivity index (χ1n) is 10.8. The van der Waals surface area contributed by atoms with E-state index in [1.807, 2.05) is 25.1 Å². The molecule has 0 saturated heterocycles. The van der Waals surface area contributed by atoms with Gasteiger partial charge in [0.15, 0.2) is 0 Å². The molecule has 5 heteroatoms. The van der Waals surface area contributed by atoms with E-state index in [4.69, 9.17) is 13.6 Å². The molecule has 0 bridgehead atoms. The molecule has 3 aromatic rings. The molecular formula is C26H31O4P. The molecule has 0 amide bonds. The number of furan rings is 1. The Hall–Kier alpha value is -2.32. The van der Waals surface area contributed by atoms with Crippen molar-refractivity contribution in [2.24, 2.45) is 0 Å². The molecule has 164 valence electrons. The third-order valence-corrected chi connectivity index (χ3v) is 9.81. The number of fused-ring (bicyclic) bond motifs is 3. The van der Waals surface area contributed by atoms with Crippen LogP contribution >= 0.6 is 7.92 Å². The largest absolute Gasteiger partial charge is 0.497 e. The molecule has 4 rings (SSSR count). The summed E-state index contributed by atoms with van der Waals surface area (Å²) in [5, 5.41) is 2.27. The lowest BCUT2D eigenvalue weighted by molar-refractivity contribution is 0.410. The van der Waals surface area contributed by atoms with Crippen molar-refractivity contribution in [1.29, 1.82) is 0 Å². The maximum atomic E-state index is 13.1. The second-order valence-electron chi connectivity index (χ2n) is 9.04. The van der Waals surface area contributed by atoms with Gasteiger partial charge in [0.25, 0.3) is 0 Å². The Morgan fingerprint density at radius 3 is 2.77 bits per heavy atom. The average molecular weight is 439 g/mol. The topological polar surface area (TPSA) is 52.6 Å². The van der Waals surface area contributed by atoms with Gasteiger partial charge in [-0.2, -0.15) is 0 Å². The van der Waals surface area contributed by atoms with Crippen LogP contribution in [0.4, 0.5) is 0 Å². The predicted molar refractivity (Wildman–Crippen MR) is 128 cm³/mol. The van der Waals surface area contributed by atoms with E-state index < -0.39 is 7.92 Å². The number of aryl methyl sites for hydroxylation is 1. The van der Waals surface area contributed by atoms with Crippen LogP contribution in [0.1, 0.15) is 50.5 Å². The molecule has 3 atom stereocenters. The molecule has 0 N–H and O–H groups in total. The zero-order valence-corrected chi connectivity index (χ0v) is 20.1. The first kappa shape index (κ1) is 21.9. The molecular weight excluding hydrogens is 407 g/mol. The van der Waals surface area contributed by atoms with Crippen molar-refractivity contribution < 1.29 is 13.6 Å². The lowest BCUT2D eigenvalue weighted by atomic mass is 9.76. The van der Waals surface area contributed by atoms with Gasteiger partial charge in [0, 0.05) is 23.3 Å². The minimum atomic E-state index is -0.465. The van der Waals surface area contributed by atoms with Crippen LogP contribution in [0.3, 0.4) is 0 Å². The number of benzene rings is 1. The van der Waals surface area contributed by atoms with E-state index >= 15 is 0 Å². The number of hydrogen-bond acceptors (Lipinski definition) is 4. The summed E-state index contributed by atoms with van der Waals surface area (Å²) in [5.41, 5.74) is 3.98. The van der Waals surface area contributed by atoms with E-state index in [-0.39, 0.29) is 11.0 Å². The fourth-order valence-corrected chi connectivity index (χ4v) is 7.64. The minimum Gasteiger partial charge on any atom is -0.497 e. The molecule has 2 unspecified atom stereocenters. The first-order valence-corrected chi connectivity index (χ1v) is 12.7. The van der Waals surface area contributed by atoms with Gasteiger partial charge in [-0.05, 0) is 68.1 Å². The van der Waals surface area contributed by atoms with Crippen molar-refractivity contribution in [2.75, 3.05) is 13.8 Å². The van der Waals surface area contributed by atoms with Crippen LogP contribution in [-0.2, 0) is 11.8 Å². The summed E-state index contributed by atoms with van der Waals surface area (Å²) in [4.78, 5) is 13.1. The minimum absolute atomic E-state index is 0.191. The molecule has 3 heterocycles. The molecule has 1 aliphatic rings. The average Bonchev–Trinajstić information content (AvgIpc) is 3.22. The Labute approximate surface area is 185 Å².